The first-order valence-corrected chi connectivity index (χ1v) is 9.87. The Balaban J connectivity index is 1.72. The summed E-state index contributed by atoms with van der Waals surface area (Å²) in [6.07, 6.45) is 1.48. The van der Waals surface area contributed by atoms with E-state index in [9.17, 15) is 19.5 Å². The number of aliphatic carboxylic acids is 1. The zero-order chi connectivity index (χ0) is 21.4. The second-order valence-corrected chi connectivity index (χ2v) is 7.67. The molecule has 2 aliphatic rings. The highest BCUT2D eigenvalue weighted by molar-refractivity contribution is 6.30. The van der Waals surface area contributed by atoms with E-state index in [0.29, 0.717) is 42.1 Å². The first kappa shape index (κ1) is 20.1. The topological polar surface area (TPSA) is 93.1 Å². The molecule has 0 bridgehead atoms. The Bertz CT molecular complexity index is 1040. The van der Waals surface area contributed by atoms with Crippen LogP contribution in [0.3, 0.4) is 0 Å². The van der Waals surface area contributed by atoms with Crippen molar-refractivity contribution in [1.82, 2.24) is 4.90 Å². The molecule has 0 aromatic heterocycles. The lowest BCUT2D eigenvalue weighted by Crippen LogP contribution is -2.38. The van der Waals surface area contributed by atoms with Crippen LogP contribution in [0.15, 0.2) is 30.3 Å². The number of ketones is 2. The third-order valence-corrected chi connectivity index (χ3v) is 5.83. The SMILES string of the molecule is COc1cccc2c1C(=O)c1c(OC)cc(CN3CCC[C@@H](C(=O)O)C3)cc1C2=O. The van der Waals surface area contributed by atoms with Gasteiger partial charge >= 0.3 is 5.97 Å². The molecule has 1 heterocycles. The predicted octanol–water partition coefficient (Wildman–Crippen LogP) is 2.78. The first-order chi connectivity index (χ1) is 14.4. The number of benzene rings is 2. The van der Waals surface area contributed by atoms with Gasteiger partial charge < -0.3 is 14.6 Å². The average Bonchev–Trinajstić information content (AvgIpc) is 2.76. The van der Waals surface area contributed by atoms with Crippen LogP contribution in [0, 0.1) is 5.92 Å². The Morgan fingerprint density at radius 1 is 1.07 bits per heavy atom. The third kappa shape index (κ3) is 3.35. The zero-order valence-electron chi connectivity index (χ0n) is 16.9. The van der Waals surface area contributed by atoms with Crippen molar-refractivity contribution < 1.29 is 29.0 Å². The van der Waals surface area contributed by atoms with Crippen LogP contribution in [0.25, 0.3) is 0 Å². The quantitative estimate of drug-likeness (QED) is 0.693. The summed E-state index contributed by atoms with van der Waals surface area (Å²) < 4.78 is 10.8. The van der Waals surface area contributed by atoms with Crippen molar-refractivity contribution in [2.45, 2.75) is 19.4 Å². The van der Waals surface area contributed by atoms with E-state index in [0.717, 1.165) is 18.5 Å². The van der Waals surface area contributed by atoms with Gasteiger partial charge in [-0.3, -0.25) is 19.3 Å². The van der Waals surface area contributed by atoms with Crippen molar-refractivity contribution in [3.63, 3.8) is 0 Å². The molecule has 1 atom stereocenters. The molecule has 7 nitrogen and oxygen atoms in total. The molecule has 0 spiro atoms. The maximum Gasteiger partial charge on any atom is 0.307 e. The first-order valence-electron chi connectivity index (χ1n) is 9.87. The Morgan fingerprint density at radius 2 is 1.80 bits per heavy atom. The number of methoxy groups -OCH3 is 2. The summed E-state index contributed by atoms with van der Waals surface area (Å²) in [5, 5.41) is 9.32. The van der Waals surface area contributed by atoms with Gasteiger partial charge in [0.2, 0.25) is 5.78 Å². The highest BCUT2D eigenvalue weighted by Crippen LogP contribution is 2.38. The van der Waals surface area contributed by atoms with E-state index >= 15 is 0 Å². The Labute approximate surface area is 174 Å². The van der Waals surface area contributed by atoms with Crippen molar-refractivity contribution in [3.05, 3.63) is 58.1 Å². The molecular weight excluding hydrogens is 386 g/mol. The van der Waals surface area contributed by atoms with Crippen LogP contribution in [0.1, 0.15) is 50.2 Å². The lowest BCUT2D eigenvalue weighted by Gasteiger charge is -2.31. The van der Waals surface area contributed by atoms with Crippen LogP contribution in [-0.2, 0) is 11.3 Å². The molecule has 0 amide bonds. The summed E-state index contributed by atoms with van der Waals surface area (Å²) in [6, 6.07) is 8.46. The summed E-state index contributed by atoms with van der Waals surface area (Å²) in [7, 11) is 2.93. The molecule has 7 heteroatoms. The Kier molecular flexibility index (Phi) is 5.30. The van der Waals surface area contributed by atoms with Gasteiger partial charge in [0.15, 0.2) is 5.78 Å². The highest BCUT2D eigenvalue weighted by atomic mass is 16.5. The maximum absolute atomic E-state index is 13.2. The Hall–Kier alpha value is -3.19. The molecule has 0 radical (unpaired) electrons. The van der Waals surface area contributed by atoms with Crippen LogP contribution in [0.5, 0.6) is 11.5 Å². The number of carbonyl (C=O) groups is 3. The van der Waals surface area contributed by atoms with Crippen LogP contribution in [0.4, 0.5) is 0 Å². The van der Waals surface area contributed by atoms with Crippen LogP contribution >= 0.6 is 0 Å². The maximum atomic E-state index is 13.2. The molecule has 2 aromatic carbocycles. The summed E-state index contributed by atoms with van der Waals surface area (Å²) in [5.74, 6) is -1.03. The summed E-state index contributed by atoms with van der Waals surface area (Å²) in [5.41, 5.74) is 1.93. The predicted molar refractivity (Wildman–Crippen MR) is 108 cm³/mol. The monoisotopic (exact) mass is 409 g/mol. The molecule has 30 heavy (non-hydrogen) atoms. The fraction of sp³-hybridized carbons (Fsp3) is 0.348. The molecule has 1 fully saturated rings. The largest absolute Gasteiger partial charge is 0.496 e. The fourth-order valence-corrected chi connectivity index (χ4v) is 4.39. The second-order valence-electron chi connectivity index (χ2n) is 7.67. The van der Waals surface area contributed by atoms with E-state index in [-0.39, 0.29) is 28.6 Å². The number of hydrogen-bond acceptors (Lipinski definition) is 6. The van der Waals surface area contributed by atoms with Crippen LogP contribution in [-0.4, -0.2) is 54.9 Å². The zero-order valence-corrected chi connectivity index (χ0v) is 16.9. The van der Waals surface area contributed by atoms with E-state index < -0.39 is 5.97 Å². The van der Waals surface area contributed by atoms with E-state index in [4.69, 9.17) is 9.47 Å². The number of fused-ring (bicyclic) bond motifs is 2. The van der Waals surface area contributed by atoms with Gasteiger partial charge in [0.1, 0.15) is 11.5 Å². The van der Waals surface area contributed by atoms with Gasteiger partial charge in [-0.25, -0.2) is 0 Å². The molecule has 1 N–H and O–H groups in total. The van der Waals surface area contributed by atoms with Gasteiger partial charge in [0.25, 0.3) is 0 Å². The molecule has 4 rings (SSSR count). The van der Waals surface area contributed by atoms with Gasteiger partial charge in [-0.05, 0) is 43.1 Å². The number of hydrogen-bond donors (Lipinski definition) is 1. The molecule has 1 aliphatic carbocycles. The average molecular weight is 409 g/mol. The minimum absolute atomic E-state index is 0.241. The summed E-state index contributed by atoms with van der Waals surface area (Å²) in [4.78, 5) is 39.9. The van der Waals surface area contributed by atoms with E-state index in [1.54, 1.807) is 30.3 Å². The Morgan fingerprint density at radius 3 is 2.50 bits per heavy atom. The van der Waals surface area contributed by atoms with Crippen molar-refractivity contribution in [1.29, 1.82) is 0 Å². The molecular formula is C23H23NO6. The second kappa shape index (κ2) is 7.91. The fourth-order valence-electron chi connectivity index (χ4n) is 4.39. The number of nitrogens with zero attached hydrogens (tertiary/aromatic N) is 1. The van der Waals surface area contributed by atoms with Crippen molar-refractivity contribution >= 4 is 17.5 Å². The summed E-state index contributed by atoms with van der Waals surface area (Å²) in [6.45, 7) is 1.73. The van der Waals surface area contributed by atoms with Gasteiger partial charge in [0.05, 0.1) is 31.3 Å². The number of rotatable bonds is 5. The van der Waals surface area contributed by atoms with Gasteiger partial charge in [-0.15, -0.1) is 0 Å². The number of ether oxygens (including phenoxy) is 2. The smallest absolute Gasteiger partial charge is 0.307 e. The minimum Gasteiger partial charge on any atom is -0.496 e. The number of carboxylic acids is 1. The molecule has 0 unspecified atom stereocenters. The number of carboxylic acid groups (broad SMARTS) is 1. The van der Waals surface area contributed by atoms with Gasteiger partial charge in [-0.1, -0.05) is 12.1 Å². The lowest BCUT2D eigenvalue weighted by atomic mass is 9.82. The van der Waals surface area contributed by atoms with Crippen molar-refractivity contribution in [3.8, 4) is 11.5 Å². The number of likely N-dealkylation sites (tertiary alicyclic amines) is 1. The van der Waals surface area contributed by atoms with E-state index in [2.05, 4.69) is 4.90 Å². The van der Waals surface area contributed by atoms with Gasteiger partial charge in [-0.2, -0.15) is 0 Å². The highest BCUT2D eigenvalue weighted by Gasteiger charge is 2.35. The number of piperidine rings is 1. The van der Waals surface area contributed by atoms with E-state index in [1.807, 2.05) is 0 Å². The number of carbonyl (C=O) groups excluding carboxylic acids is 2. The molecule has 2 aromatic rings. The molecule has 156 valence electrons. The third-order valence-electron chi connectivity index (χ3n) is 5.83. The molecule has 1 aliphatic heterocycles. The standard InChI is InChI=1S/C23H23NO6/c1-29-17-7-3-6-15-19(17)22(26)20-16(21(15)25)9-13(10-18(20)30-2)11-24-8-4-5-14(12-24)23(27)28/h3,6-7,9-10,14H,4-5,8,11-12H2,1-2H3,(H,27,28)/t14-/m1/s1. The molecule has 1 saturated heterocycles. The van der Waals surface area contributed by atoms with Crippen molar-refractivity contribution in [2.75, 3.05) is 27.3 Å². The van der Waals surface area contributed by atoms with Crippen molar-refractivity contribution in [2.24, 2.45) is 5.92 Å². The van der Waals surface area contributed by atoms with E-state index in [1.165, 1.54) is 14.2 Å². The van der Waals surface area contributed by atoms with Gasteiger partial charge in [0, 0.05) is 24.2 Å². The minimum atomic E-state index is -0.783. The van der Waals surface area contributed by atoms with Crippen LogP contribution < -0.4 is 9.47 Å². The lowest BCUT2D eigenvalue weighted by molar-refractivity contribution is -0.143. The van der Waals surface area contributed by atoms with Crippen LogP contribution in [0.2, 0.25) is 0 Å². The molecule has 0 saturated carbocycles. The summed E-state index contributed by atoms with van der Waals surface area (Å²) >= 11 is 0. The normalized spacial score (nSPS) is 18.5.